The average molecular weight is 306 g/mol. The highest BCUT2D eigenvalue weighted by atomic mass is 35.7. The SMILES string of the molecule is CCc1[nH]nc(C(=O)N2CCCCC2)c1S(=O)(=O)Cl. The summed E-state index contributed by atoms with van der Waals surface area (Å²) in [6, 6.07) is 0. The maximum atomic E-state index is 12.3. The molecule has 1 amide bonds. The minimum atomic E-state index is -3.99. The Kier molecular flexibility index (Phi) is 4.15. The van der Waals surface area contributed by atoms with Gasteiger partial charge >= 0.3 is 0 Å². The average Bonchev–Trinajstić information content (AvgIpc) is 2.82. The summed E-state index contributed by atoms with van der Waals surface area (Å²) < 4.78 is 23.2. The number of aromatic nitrogens is 2. The first-order chi connectivity index (χ1) is 8.95. The highest BCUT2D eigenvalue weighted by Crippen LogP contribution is 2.25. The zero-order valence-electron chi connectivity index (χ0n) is 10.6. The van der Waals surface area contributed by atoms with Gasteiger partial charge in [-0.25, -0.2) is 8.42 Å². The number of aryl methyl sites for hydroxylation is 1. The molecule has 0 radical (unpaired) electrons. The van der Waals surface area contributed by atoms with E-state index in [9.17, 15) is 13.2 Å². The number of carbonyl (C=O) groups excluding carboxylic acids is 1. The Hall–Kier alpha value is -1.08. The first-order valence-electron chi connectivity index (χ1n) is 6.26. The number of nitrogens with zero attached hydrogens (tertiary/aromatic N) is 2. The van der Waals surface area contributed by atoms with Gasteiger partial charge in [-0.2, -0.15) is 5.10 Å². The molecular weight excluding hydrogens is 290 g/mol. The summed E-state index contributed by atoms with van der Waals surface area (Å²) in [5.41, 5.74) is 0.282. The van der Waals surface area contributed by atoms with E-state index < -0.39 is 9.05 Å². The molecule has 2 heterocycles. The highest BCUT2D eigenvalue weighted by molar-refractivity contribution is 8.13. The van der Waals surface area contributed by atoms with Crippen molar-refractivity contribution in [3.05, 3.63) is 11.4 Å². The highest BCUT2D eigenvalue weighted by Gasteiger charge is 2.30. The topological polar surface area (TPSA) is 83.1 Å². The lowest BCUT2D eigenvalue weighted by Crippen LogP contribution is -2.36. The molecule has 6 nitrogen and oxygen atoms in total. The van der Waals surface area contributed by atoms with Crippen LogP contribution in [0.1, 0.15) is 42.4 Å². The molecule has 0 atom stereocenters. The van der Waals surface area contributed by atoms with Gasteiger partial charge in [0.2, 0.25) is 0 Å². The smallest absolute Gasteiger partial charge is 0.275 e. The molecule has 1 aliphatic heterocycles. The fourth-order valence-electron chi connectivity index (χ4n) is 2.26. The molecule has 19 heavy (non-hydrogen) atoms. The van der Waals surface area contributed by atoms with Crippen molar-refractivity contribution in [3.63, 3.8) is 0 Å². The summed E-state index contributed by atoms with van der Waals surface area (Å²) in [5, 5.41) is 6.44. The van der Waals surface area contributed by atoms with Gasteiger partial charge in [0.25, 0.3) is 15.0 Å². The lowest BCUT2D eigenvalue weighted by molar-refractivity contribution is 0.0714. The van der Waals surface area contributed by atoms with Crippen LogP contribution in [0.4, 0.5) is 0 Å². The fraction of sp³-hybridized carbons (Fsp3) is 0.636. The fourth-order valence-corrected chi connectivity index (χ4v) is 3.61. The standard InChI is InChI=1S/C11H16ClN3O3S/c1-2-8-10(19(12,17)18)9(14-13-8)11(16)15-6-4-3-5-7-15/h2-7H2,1H3,(H,13,14). The van der Waals surface area contributed by atoms with E-state index in [1.54, 1.807) is 11.8 Å². The molecule has 0 bridgehead atoms. The lowest BCUT2D eigenvalue weighted by atomic mass is 10.1. The van der Waals surface area contributed by atoms with Gasteiger partial charge < -0.3 is 4.90 Å². The van der Waals surface area contributed by atoms with E-state index in [2.05, 4.69) is 10.2 Å². The molecule has 0 saturated carbocycles. The number of piperidine rings is 1. The van der Waals surface area contributed by atoms with Gasteiger partial charge in [-0.05, 0) is 25.7 Å². The molecule has 2 rings (SSSR count). The van der Waals surface area contributed by atoms with Crippen molar-refractivity contribution in [2.45, 2.75) is 37.5 Å². The van der Waals surface area contributed by atoms with Crippen LogP contribution >= 0.6 is 10.7 Å². The van der Waals surface area contributed by atoms with Crippen LogP contribution in [0.5, 0.6) is 0 Å². The van der Waals surface area contributed by atoms with Gasteiger partial charge in [-0.15, -0.1) is 0 Å². The van der Waals surface area contributed by atoms with Gasteiger partial charge in [0, 0.05) is 23.8 Å². The second-order valence-electron chi connectivity index (χ2n) is 4.52. The van der Waals surface area contributed by atoms with Crippen LogP contribution in [0.3, 0.4) is 0 Å². The number of nitrogens with one attached hydrogen (secondary N) is 1. The first kappa shape index (κ1) is 14.3. The summed E-state index contributed by atoms with van der Waals surface area (Å²) in [4.78, 5) is 13.8. The van der Waals surface area contributed by atoms with Gasteiger partial charge in [-0.1, -0.05) is 6.92 Å². The third-order valence-corrected chi connectivity index (χ3v) is 4.63. The molecule has 1 aliphatic rings. The van der Waals surface area contributed by atoms with Crippen molar-refractivity contribution in [3.8, 4) is 0 Å². The van der Waals surface area contributed by atoms with E-state index in [-0.39, 0.29) is 16.5 Å². The minimum Gasteiger partial charge on any atom is -0.337 e. The predicted octanol–water partition coefficient (Wildman–Crippen LogP) is 1.53. The molecule has 0 aliphatic carbocycles. The molecule has 8 heteroatoms. The van der Waals surface area contributed by atoms with Crippen LogP contribution in [-0.4, -0.2) is 42.5 Å². The van der Waals surface area contributed by atoms with Crippen LogP contribution in [-0.2, 0) is 15.5 Å². The monoisotopic (exact) mass is 305 g/mol. The largest absolute Gasteiger partial charge is 0.337 e. The Bertz CT molecular complexity index is 576. The molecular formula is C11H16ClN3O3S. The van der Waals surface area contributed by atoms with E-state index in [1.165, 1.54) is 0 Å². The van der Waals surface area contributed by atoms with Crippen molar-refractivity contribution in [2.75, 3.05) is 13.1 Å². The molecule has 1 aromatic rings. The second-order valence-corrected chi connectivity index (χ2v) is 7.03. The van der Waals surface area contributed by atoms with E-state index >= 15 is 0 Å². The summed E-state index contributed by atoms with van der Waals surface area (Å²) in [7, 11) is 1.43. The number of carbonyl (C=O) groups is 1. The zero-order chi connectivity index (χ0) is 14.0. The van der Waals surface area contributed by atoms with E-state index in [0.29, 0.717) is 25.2 Å². The van der Waals surface area contributed by atoms with E-state index in [0.717, 1.165) is 19.3 Å². The molecule has 1 N–H and O–H groups in total. The van der Waals surface area contributed by atoms with Crippen molar-refractivity contribution >= 4 is 25.6 Å². The summed E-state index contributed by atoms with van der Waals surface area (Å²) >= 11 is 0. The van der Waals surface area contributed by atoms with Crippen LogP contribution in [0, 0.1) is 0 Å². The van der Waals surface area contributed by atoms with Crippen LogP contribution in [0.15, 0.2) is 4.90 Å². The number of likely N-dealkylation sites (tertiary alicyclic amines) is 1. The Morgan fingerprint density at radius 3 is 2.53 bits per heavy atom. The Labute approximate surface area is 116 Å². The van der Waals surface area contributed by atoms with Gasteiger partial charge in [-0.3, -0.25) is 9.89 Å². The molecule has 0 spiro atoms. The second kappa shape index (κ2) is 5.50. The number of hydrogen-bond donors (Lipinski definition) is 1. The summed E-state index contributed by atoms with van der Waals surface area (Å²) in [6.07, 6.45) is 3.37. The third-order valence-electron chi connectivity index (χ3n) is 3.24. The predicted molar refractivity (Wildman–Crippen MR) is 70.8 cm³/mol. The van der Waals surface area contributed by atoms with E-state index in [1.807, 2.05) is 0 Å². The number of hydrogen-bond acceptors (Lipinski definition) is 4. The van der Waals surface area contributed by atoms with Gasteiger partial charge in [0.15, 0.2) is 5.69 Å². The van der Waals surface area contributed by atoms with Crippen molar-refractivity contribution < 1.29 is 13.2 Å². The number of rotatable bonds is 3. The van der Waals surface area contributed by atoms with Crippen molar-refractivity contribution in [2.24, 2.45) is 0 Å². The Morgan fingerprint density at radius 1 is 1.37 bits per heavy atom. The van der Waals surface area contributed by atoms with E-state index in [4.69, 9.17) is 10.7 Å². The molecule has 106 valence electrons. The lowest BCUT2D eigenvalue weighted by Gasteiger charge is -2.26. The van der Waals surface area contributed by atoms with Gasteiger partial charge in [0.05, 0.1) is 5.69 Å². The normalized spacial score (nSPS) is 16.6. The van der Waals surface area contributed by atoms with Crippen LogP contribution < -0.4 is 0 Å². The Balaban J connectivity index is 2.39. The first-order valence-corrected chi connectivity index (χ1v) is 8.57. The molecule has 1 fully saturated rings. The minimum absolute atomic E-state index is 0.0891. The maximum Gasteiger partial charge on any atom is 0.275 e. The number of amides is 1. The van der Waals surface area contributed by atoms with Crippen molar-refractivity contribution in [1.29, 1.82) is 0 Å². The molecule has 0 unspecified atom stereocenters. The van der Waals surface area contributed by atoms with Crippen LogP contribution in [0.2, 0.25) is 0 Å². The molecule has 1 saturated heterocycles. The Morgan fingerprint density at radius 2 is 2.00 bits per heavy atom. The maximum absolute atomic E-state index is 12.3. The zero-order valence-corrected chi connectivity index (χ0v) is 12.2. The quantitative estimate of drug-likeness (QED) is 0.858. The number of aromatic amines is 1. The number of H-pyrrole nitrogens is 1. The van der Waals surface area contributed by atoms with Crippen molar-refractivity contribution in [1.82, 2.24) is 15.1 Å². The molecule has 1 aromatic heterocycles. The third kappa shape index (κ3) is 2.92. The van der Waals surface area contributed by atoms with Crippen LogP contribution in [0.25, 0.3) is 0 Å². The summed E-state index contributed by atoms with van der Waals surface area (Å²) in [6.45, 7) is 3.04. The number of halogens is 1. The summed E-state index contributed by atoms with van der Waals surface area (Å²) in [5.74, 6) is -0.366. The molecule has 0 aromatic carbocycles. The van der Waals surface area contributed by atoms with Gasteiger partial charge in [0.1, 0.15) is 4.90 Å².